The normalized spacial score (nSPS) is 10.8. The van der Waals surface area contributed by atoms with Crippen LogP contribution in [0.15, 0.2) is 35.5 Å². The van der Waals surface area contributed by atoms with Crippen molar-refractivity contribution in [3.8, 4) is 6.07 Å². The van der Waals surface area contributed by atoms with Crippen LogP contribution in [0.1, 0.15) is 12.5 Å². The fourth-order valence-electron chi connectivity index (χ4n) is 0.822. The molecular formula is C9H11N2O4PS. The van der Waals surface area contributed by atoms with Crippen molar-refractivity contribution < 1.29 is 19.5 Å². The molecule has 8 heteroatoms. The van der Waals surface area contributed by atoms with Gasteiger partial charge in [-0.1, -0.05) is 18.2 Å². The molecule has 0 unspecified atom stereocenters. The molecule has 0 atom stereocenters. The maximum atomic E-state index is 8.85. The number of hydrogen-bond acceptors (Lipinski definition) is 5. The van der Waals surface area contributed by atoms with Crippen LogP contribution in [0, 0.1) is 11.3 Å². The summed E-state index contributed by atoms with van der Waals surface area (Å²) in [6.45, 7) is -2.43. The molecule has 0 fully saturated rings. The Morgan fingerprint density at radius 3 is 2.24 bits per heavy atom. The summed E-state index contributed by atoms with van der Waals surface area (Å²) in [5, 5.41) is 18.7. The first-order valence-corrected chi connectivity index (χ1v) is 6.90. The van der Waals surface area contributed by atoms with Crippen molar-refractivity contribution in [2.75, 3.05) is 0 Å². The monoisotopic (exact) mass is 274 g/mol. The zero-order valence-electron chi connectivity index (χ0n) is 8.89. The average molecular weight is 274 g/mol. The van der Waals surface area contributed by atoms with Crippen molar-refractivity contribution in [1.82, 2.24) is 0 Å². The van der Waals surface area contributed by atoms with E-state index in [1.54, 1.807) is 36.4 Å². The molecule has 0 aliphatic rings. The Balaban J connectivity index is 0.000000770. The topological polar surface area (TPSA) is 106 Å². The highest BCUT2D eigenvalue weighted by Crippen LogP contribution is 2.37. The maximum absolute atomic E-state index is 8.85. The lowest BCUT2D eigenvalue weighted by molar-refractivity contribution is 0.294. The van der Waals surface area contributed by atoms with Crippen molar-refractivity contribution in [2.24, 2.45) is 5.16 Å². The van der Waals surface area contributed by atoms with Gasteiger partial charge < -0.3 is 19.5 Å². The van der Waals surface area contributed by atoms with Gasteiger partial charge in [-0.15, -0.1) is 0 Å². The van der Waals surface area contributed by atoms with E-state index < -0.39 is 6.72 Å². The molecule has 0 aromatic heterocycles. The van der Waals surface area contributed by atoms with E-state index in [4.69, 9.17) is 20.3 Å². The number of hydrogen-bond donors (Lipinski definition) is 3. The van der Waals surface area contributed by atoms with E-state index in [-0.39, 0.29) is 5.90 Å². The van der Waals surface area contributed by atoms with Crippen LogP contribution < -0.4 is 0 Å². The van der Waals surface area contributed by atoms with E-state index in [2.05, 4.69) is 21.5 Å². The second kappa shape index (κ2) is 7.76. The van der Waals surface area contributed by atoms with Gasteiger partial charge >= 0.3 is 6.72 Å². The Bertz CT molecular complexity index is 452. The van der Waals surface area contributed by atoms with Gasteiger partial charge in [-0.05, 0) is 17.3 Å². The molecule has 0 aliphatic carbocycles. The summed E-state index contributed by atoms with van der Waals surface area (Å²) in [4.78, 5) is 17.7. The van der Waals surface area contributed by atoms with Gasteiger partial charge in [0.1, 0.15) is 0 Å². The van der Waals surface area contributed by atoms with E-state index in [9.17, 15) is 0 Å². The first-order valence-electron chi connectivity index (χ1n) is 4.28. The predicted molar refractivity (Wildman–Crippen MR) is 65.9 cm³/mol. The summed E-state index contributed by atoms with van der Waals surface area (Å²) < 4.78 is 4.51. The van der Waals surface area contributed by atoms with Crippen molar-refractivity contribution in [1.29, 1.82) is 5.26 Å². The summed E-state index contributed by atoms with van der Waals surface area (Å²) in [6.07, 6.45) is 0. The molecular weight excluding hydrogens is 263 g/mol. The lowest BCUT2D eigenvalue weighted by atomic mass is 10.2. The summed E-state index contributed by atoms with van der Waals surface area (Å²) >= 11 is 4.24. The number of nitrogens with zero attached hydrogens (tertiary/aromatic N) is 2. The number of oxime groups is 1. The van der Waals surface area contributed by atoms with Crippen LogP contribution in [0.2, 0.25) is 0 Å². The third kappa shape index (κ3) is 7.44. The minimum Gasteiger partial charge on any atom is -0.408 e. The minimum absolute atomic E-state index is 0.307. The Morgan fingerprint density at radius 1 is 1.41 bits per heavy atom. The second-order valence-corrected chi connectivity index (χ2v) is 5.17. The molecule has 1 aromatic carbocycles. The van der Waals surface area contributed by atoms with Crippen molar-refractivity contribution in [3.63, 3.8) is 0 Å². The average Bonchev–Trinajstić information content (AvgIpc) is 2.27. The first kappa shape index (κ1) is 15.6. The molecule has 1 aromatic rings. The largest absolute Gasteiger partial charge is 0.408 e. The third-order valence-electron chi connectivity index (χ3n) is 1.32. The van der Waals surface area contributed by atoms with Crippen molar-refractivity contribution in [3.05, 3.63) is 35.9 Å². The van der Waals surface area contributed by atoms with Gasteiger partial charge in [-0.2, -0.15) is 5.26 Å². The van der Waals surface area contributed by atoms with Crippen LogP contribution in [-0.4, -0.2) is 20.9 Å². The van der Waals surface area contributed by atoms with Crippen molar-refractivity contribution in [2.45, 2.75) is 6.92 Å². The molecule has 0 heterocycles. The fourth-order valence-corrected chi connectivity index (χ4v) is 1.40. The molecule has 0 saturated carbocycles. The second-order valence-electron chi connectivity index (χ2n) is 2.58. The highest BCUT2D eigenvalue weighted by Gasteiger charge is 2.15. The summed E-state index contributed by atoms with van der Waals surface area (Å²) in [5.41, 5.74) is 0.410. The predicted octanol–water partition coefficient (Wildman–Crippen LogP) is 1.58. The van der Waals surface area contributed by atoms with Crippen LogP contribution in [0.5, 0.6) is 0 Å². The van der Waals surface area contributed by atoms with Crippen LogP contribution in [0.3, 0.4) is 0 Å². The Morgan fingerprint density at radius 2 is 1.88 bits per heavy atom. The zero-order chi connectivity index (χ0) is 13.3. The van der Waals surface area contributed by atoms with Crippen LogP contribution in [0.4, 0.5) is 0 Å². The van der Waals surface area contributed by atoms with Gasteiger partial charge in [0.15, 0.2) is 0 Å². The van der Waals surface area contributed by atoms with Gasteiger partial charge in [-0.25, -0.2) is 0 Å². The van der Waals surface area contributed by atoms with Crippen molar-refractivity contribution >= 4 is 24.4 Å². The molecule has 0 radical (unpaired) electrons. The first-order chi connectivity index (χ1) is 7.94. The van der Waals surface area contributed by atoms with Gasteiger partial charge in [0, 0.05) is 24.3 Å². The maximum Gasteiger partial charge on any atom is 0.376 e. The highest BCUT2D eigenvalue weighted by atomic mass is 32.5. The van der Waals surface area contributed by atoms with E-state index in [0.29, 0.717) is 5.56 Å². The molecule has 3 N–H and O–H groups in total. The van der Waals surface area contributed by atoms with Gasteiger partial charge in [0.25, 0.3) is 5.90 Å². The van der Waals surface area contributed by atoms with Crippen LogP contribution in [-0.2, 0) is 16.3 Å². The Labute approximate surface area is 104 Å². The molecule has 0 spiro atoms. The third-order valence-corrected chi connectivity index (χ3v) is 1.95. The van der Waals surface area contributed by atoms with E-state index in [1.807, 2.05) is 0 Å². The van der Waals surface area contributed by atoms with Gasteiger partial charge in [-0.3, -0.25) is 0 Å². The van der Waals surface area contributed by atoms with Gasteiger partial charge in [0.05, 0.1) is 6.07 Å². The number of rotatable bonds is 2. The van der Waals surface area contributed by atoms with E-state index in [1.165, 1.54) is 6.92 Å². The lowest BCUT2D eigenvalue weighted by Crippen LogP contribution is -2.04. The minimum atomic E-state index is -3.86. The summed E-state index contributed by atoms with van der Waals surface area (Å²) in [5.74, 6) is -0.307. The highest BCUT2D eigenvalue weighted by molar-refractivity contribution is 8.06. The molecule has 0 saturated heterocycles. The quantitative estimate of drug-likeness (QED) is 0.248. The molecule has 1 rings (SSSR count). The fraction of sp³-hybridized carbons (Fsp3) is 0.111. The number of nitriles is 1. The van der Waals surface area contributed by atoms with Crippen LogP contribution in [0.25, 0.3) is 0 Å². The Kier molecular flexibility index (Phi) is 7.10. The molecule has 92 valence electrons. The standard InChI is InChI=1S/C7H8NO4PS.C2H3N/c9-8-7(12-13(10,11)14)6-4-2-1-3-5-6;1-2-3/h1-5,9H,(H2,10,11,14);1H3. The molecule has 0 amide bonds. The molecule has 0 aliphatic heterocycles. The molecule has 17 heavy (non-hydrogen) atoms. The smallest absolute Gasteiger partial charge is 0.376 e. The van der Waals surface area contributed by atoms with E-state index in [0.717, 1.165) is 0 Å². The molecule has 0 bridgehead atoms. The van der Waals surface area contributed by atoms with Crippen LogP contribution >= 0.6 is 6.72 Å². The van der Waals surface area contributed by atoms with E-state index >= 15 is 0 Å². The summed E-state index contributed by atoms with van der Waals surface area (Å²) in [7, 11) is 0. The number of benzene rings is 1. The zero-order valence-corrected chi connectivity index (χ0v) is 10.6. The lowest BCUT2D eigenvalue weighted by Gasteiger charge is -2.10. The Hall–Kier alpha value is -1.45. The summed E-state index contributed by atoms with van der Waals surface area (Å²) in [6, 6.07) is 10.0. The molecule has 6 nitrogen and oxygen atoms in total. The van der Waals surface area contributed by atoms with Gasteiger partial charge in [0.2, 0.25) is 0 Å². The SMILES string of the molecule is CC#N.ON=C(OP(O)(O)=S)c1ccccc1.